The molecule has 2 amide bonds. The van der Waals surface area contributed by atoms with E-state index in [4.69, 9.17) is 4.74 Å². The average molecular weight is 318 g/mol. The first-order valence-corrected chi connectivity index (χ1v) is 7.62. The van der Waals surface area contributed by atoms with Crippen molar-refractivity contribution in [2.75, 3.05) is 52.5 Å². The van der Waals surface area contributed by atoms with Crippen LogP contribution < -0.4 is 5.32 Å². The fourth-order valence-corrected chi connectivity index (χ4v) is 3.14. The molecule has 1 atom stereocenters. The summed E-state index contributed by atoms with van der Waals surface area (Å²) in [6, 6.07) is 0. The highest BCUT2D eigenvalue weighted by Gasteiger charge is 2.35. The predicted molar refractivity (Wildman–Crippen MR) is 80.3 cm³/mol. The largest absolute Gasteiger partial charge is 0.378 e. The first-order chi connectivity index (χ1) is 9.75. The fourth-order valence-electron chi connectivity index (χ4n) is 3.14. The van der Waals surface area contributed by atoms with Crippen LogP contribution in [-0.4, -0.2) is 74.1 Å². The molecule has 0 spiro atoms. The molecule has 3 saturated heterocycles. The minimum Gasteiger partial charge on any atom is -0.378 e. The lowest BCUT2D eigenvalue weighted by molar-refractivity contribution is -0.146. The summed E-state index contributed by atoms with van der Waals surface area (Å²) in [7, 11) is 0. The molecule has 0 aromatic carbocycles. The molecule has 0 aromatic heterocycles. The second-order valence-corrected chi connectivity index (χ2v) is 5.92. The van der Waals surface area contributed by atoms with Gasteiger partial charge in [0.2, 0.25) is 11.8 Å². The summed E-state index contributed by atoms with van der Waals surface area (Å²) in [6.07, 6.45) is 1.84. The van der Waals surface area contributed by atoms with E-state index in [1.54, 1.807) is 0 Å². The van der Waals surface area contributed by atoms with E-state index >= 15 is 0 Å². The SMILES string of the molecule is Cl.O=C(C1CCCN(C(=O)C2CNC2)C1)N1CCOCC1. The lowest BCUT2D eigenvalue weighted by Crippen LogP contribution is -2.55. The molecule has 3 aliphatic rings. The quantitative estimate of drug-likeness (QED) is 0.761. The molecule has 3 fully saturated rings. The Morgan fingerprint density at radius 3 is 2.24 bits per heavy atom. The van der Waals surface area contributed by atoms with E-state index in [0.29, 0.717) is 32.8 Å². The lowest BCUT2D eigenvalue weighted by Gasteiger charge is -2.39. The van der Waals surface area contributed by atoms with Crippen molar-refractivity contribution in [3.63, 3.8) is 0 Å². The second kappa shape index (κ2) is 7.42. The Labute approximate surface area is 131 Å². The van der Waals surface area contributed by atoms with Crippen LogP contribution in [0.15, 0.2) is 0 Å². The molecule has 1 unspecified atom stereocenters. The smallest absolute Gasteiger partial charge is 0.228 e. The number of amides is 2. The van der Waals surface area contributed by atoms with E-state index in [9.17, 15) is 9.59 Å². The maximum atomic E-state index is 12.5. The Bertz CT molecular complexity index is 384. The Kier molecular flexibility index (Phi) is 5.84. The van der Waals surface area contributed by atoms with Crippen LogP contribution in [0.4, 0.5) is 0 Å². The minimum atomic E-state index is -0.0150. The topological polar surface area (TPSA) is 61.9 Å². The number of carbonyl (C=O) groups excluding carboxylic acids is 2. The highest BCUT2D eigenvalue weighted by Crippen LogP contribution is 2.21. The van der Waals surface area contributed by atoms with Gasteiger partial charge in [-0.2, -0.15) is 0 Å². The zero-order valence-corrected chi connectivity index (χ0v) is 13.1. The number of piperidine rings is 1. The summed E-state index contributed by atoms with van der Waals surface area (Å²) >= 11 is 0. The van der Waals surface area contributed by atoms with Crippen molar-refractivity contribution in [1.29, 1.82) is 0 Å². The van der Waals surface area contributed by atoms with Crippen LogP contribution in [0.5, 0.6) is 0 Å². The molecule has 0 saturated carbocycles. The molecule has 0 radical (unpaired) electrons. The first-order valence-electron chi connectivity index (χ1n) is 7.62. The van der Waals surface area contributed by atoms with Gasteiger partial charge in [0, 0.05) is 39.3 Å². The molecule has 3 heterocycles. The standard InChI is InChI=1S/C14H23N3O3.ClH/c18-13(16-4-6-20-7-5-16)11-2-1-3-17(10-11)14(19)12-8-15-9-12;/h11-12,15H,1-10H2;1H. The number of nitrogens with zero attached hydrogens (tertiary/aromatic N) is 2. The maximum Gasteiger partial charge on any atom is 0.228 e. The van der Waals surface area contributed by atoms with E-state index in [-0.39, 0.29) is 36.1 Å². The summed E-state index contributed by atoms with van der Waals surface area (Å²) in [5.41, 5.74) is 0. The molecular formula is C14H24ClN3O3. The van der Waals surface area contributed by atoms with Crippen LogP contribution in [0, 0.1) is 11.8 Å². The van der Waals surface area contributed by atoms with Crippen LogP contribution in [0.2, 0.25) is 0 Å². The molecule has 120 valence electrons. The summed E-state index contributed by atoms with van der Waals surface area (Å²) < 4.78 is 5.28. The monoisotopic (exact) mass is 317 g/mol. The highest BCUT2D eigenvalue weighted by molar-refractivity contribution is 5.85. The van der Waals surface area contributed by atoms with Crippen LogP contribution in [-0.2, 0) is 14.3 Å². The van der Waals surface area contributed by atoms with Crippen LogP contribution in [0.25, 0.3) is 0 Å². The van der Waals surface area contributed by atoms with E-state index in [2.05, 4.69) is 5.32 Å². The predicted octanol–water partition coefficient (Wildman–Crippen LogP) is -0.275. The molecule has 1 N–H and O–H groups in total. The van der Waals surface area contributed by atoms with Gasteiger partial charge in [0.15, 0.2) is 0 Å². The summed E-state index contributed by atoms with van der Waals surface area (Å²) in [5, 5.41) is 3.13. The van der Waals surface area contributed by atoms with Crippen molar-refractivity contribution in [2.45, 2.75) is 12.8 Å². The summed E-state index contributed by atoms with van der Waals surface area (Å²) in [5.74, 6) is 0.548. The first kappa shape index (κ1) is 16.5. The number of hydrogen-bond donors (Lipinski definition) is 1. The lowest BCUT2D eigenvalue weighted by atomic mass is 9.93. The second-order valence-electron chi connectivity index (χ2n) is 5.92. The molecule has 7 heteroatoms. The number of ether oxygens (including phenoxy) is 1. The van der Waals surface area contributed by atoms with Gasteiger partial charge in [-0.1, -0.05) is 0 Å². The number of halogens is 1. The van der Waals surface area contributed by atoms with E-state index in [1.165, 1.54) is 0 Å². The molecular weight excluding hydrogens is 294 g/mol. The average Bonchev–Trinajstić information content (AvgIpc) is 2.46. The number of carbonyl (C=O) groups is 2. The third kappa shape index (κ3) is 3.67. The zero-order chi connectivity index (χ0) is 13.9. The fraction of sp³-hybridized carbons (Fsp3) is 0.857. The van der Waals surface area contributed by atoms with Crippen LogP contribution in [0.1, 0.15) is 12.8 Å². The summed E-state index contributed by atoms with van der Waals surface area (Å²) in [4.78, 5) is 28.6. The molecule has 0 aliphatic carbocycles. The van der Waals surface area contributed by atoms with E-state index in [0.717, 1.165) is 32.5 Å². The molecule has 0 aromatic rings. The van der Waals surface area contributed by atoms with Crippen molar-refractivity contribution < 1.29 is 14.3 Å². The maximum absolute atomic E-state index is 12.5. The molecule has 3 rings (SSSR count). The molecule has 21 heavy (non-hydrogen) atoms. The number of rotatable bonds is 2. The Morgan fingerprint density at radius 2 is 1.62 bits per heavy atom. The number of likely N-dealkylation sites (tertiary alicyclic amines) is 1. The van der Waals surface area contributed by atoms with Gasteiger partial charge in [0.05, 0.1) is 25.0 Å². The van der Waals surface area contributed by atoms with Crippen LogP contribution in [0.3, 0.4) is 0 Å². The van der Waals surface area contributed by atoms with Gasteiger partial charge in [0.1, 0.15) is 0 Å². The molecule has 0 bridgehead atoms. The van der Waals surface area contributed by atoms with Crippen LogP contribution >= 0.6 is 12.4 Å². The van der Waals surface area contributed by atoms with Gasteiger partial charge >= 0.3 is 0 Å². The van der Waals surface area contributed by atoms with Gasteiger partial charge in [0.25, 0.3) is 0 Å². The third-order valence-corrected chi connectivity index (χ3v) is 4.54. The number of nitrogens with one attached hydrogen (secondary N) is 1. The summed E-state index contributed by atoms with van der Waals surface area (Å²) in [6.45, 7) is 5.64. The van der Waals surface area contributed by atoms with Gasteiger partial charge in [-0.05, 0) is 12.8 Å². The Hall–Kier alpha value is -0.850. The van der Waals surface area contributed by atoms with Crippen molar-refractivity contribution in [3.8, 4) is 0 Å². The van der Waals surface area contributed by atoms with Gasteiger partial charge in [-0.3, -0.25) is 9.59 Å². The zero-order valence-electron chi connectivity index (χ0n) is 12.3. The molecule has 6 nitrogen and oxygen atoms in total. The third-order valence-electron chi connectivity index (χ3n) is 4.54. The Balaban J connectivity index is 0.00000161. The van der Waals surface area contributed by atoms with E-state index in [1.807, 2.05) is 9.80 Å². The van der Waals surface area contributed by atoms with Gasteiger partial charge < -0.3 is 19.9 Å². The van der Waals surface area contributed by atoms with Crippen molar-refractivity contribution in [2.24, 2.45) is 11.8 Å². The van der Waals surface area contributed by atoms with Gasteiger partial charge in [-0.15, -0.1) is 12.4 Å². The van der Waals surface area contributed by atoms with Crippen molar-refractivity contribution in [3.05, 3.63) is 0 Å². The minimum absolute atomic E-state index is 0. The highest BCUT2D eigenvalue weighted by atomic mass is 35.5. The molecule has 3 aliphatic heterocycles. The normalized spacial score (nSPS) is 26.8. The van der Waals surface area contributed by atoms with Gasteiger partial charge in [-0.25, -0.2) is 0 Å². The van der Waals surface area contributed by atoms with E-state index < -0.39 is 0 Å². The number of morpholine rings is 1. The van der Waals surface area contributed by atoms with Crippen molar-refractivity contribution >= 4 is 24.2 Å². The van der Waals surface area contributed by atoms with Crippen molar-refractivity contribution in [1.82, 2.24) is 15.1 Å². The number of hydrogen-bond acceptors (Lipinski definition) is 4. The Morgan fingerprint density at radius 1 is 0.952 bits per heavy atom.